The minimum absolute atomic E-state index is 0.102. The number of imidazole rings is 2. The van der Waals surface area contributed by atoms with Gasteiger partial charge in [0.2, 0.25) is 11.8 Å². The number of hydrogen-bond donors (Lipinski definition) is 4. The number of carbonyl (C=O) groups is 4. The fourth-order valence-corrected chi connectivity index (χ4v) is 7.00. The molecule has 0 radical (unpaired) electrons. The Balaban J connectivity index is 1.19. The number of carbonyl (C=O) groups excluding carboxylic acids is 3. The summed E-state index contributed by atoms with van der Waals surface area (Å²) in [5.74, 6) is 0.793. The van der Waals surface area contributed by atoms with Crippen LogP contribution in [0.15, 0.2) is 36.7 Å². The lowest BCUT2D eigenvalue weighted by Crippen LogP contribution is -2.51. The summed E-state index contributed by atoms with van der Waals surface area (Å²) in [6.07, 6.45) is 12.8. The van der Waals surface area contributed by atoms with Gasteiger partial charge < -0.3 is 34.9 Å². The van der Waals surface area contributed by atoms with E-state index in [4.69, 9.17) is 4.74 Å². The van der Waals surface area contributed by atoms with Crippen molar-refractivity contribution < 1.29 is 29.0 Å². The average Bonchev–Trinajstić information content (AvgIpc) is 3.95. The molecular weight excluding hydrogens is 664 g/mol. The number of nitrogens with zero attached hydrogens (tertiary/aromatic N) is 5. The van der Waals surface area contributed by atoms with E-state index in [1.54, 1.807) is 22.2 Å². The van der Waals surface area contributed by atoms with E-state index in [1.165, 1.54) is 14.2 Å². The van der Waals surface area contributed by atoms with Gasteiger partial charge in [-0.2, -0.15) is 0 Å². The van der Waals surface area contributed by atoms with Crippen molar-refractivity contribution in [3.05, 3.63) is 70.8 Å². The van der Waals surface area contributed by atoms with Gasteiger partial charge in [0.15, 0.2) is 0 Å². The first-order valence-corrected chi connectivity index (χ1v) is 17.8. The predicted molar refractivity (Wildman–Crippen MR) is 197 cm³/mol. The zero-order valence-corrected chi connectivity index (χ0v) is 30.7. The largest absolute Gasteiger partial charge is 0.465 e. The summed E-state index contributed by atoms with van der Waals surface area (Å²) in [6.45, 7) is 8.65. The van der Waals surface area contributed by atoms with Gasteiger partial charge in [0, 0.05) is 20.1 Å². The van der Waals surface area contributed by atoms with Crippen LogP contribution < -0.4 is 5.32 Å². The van der Waals surface area contributed by atoms with Crippen LogP contribution in [0.25, 0.3) is 24.3 Å². The van der Waals surface area contributed by atoms with Crippen molar-refractivity contribution in [2.24, 2.45) is 11.8 Å². The number of methoxy groups -OCH3 is 1. The Morgan fingerprint density at radius 1 is 0.827 bits per heavy atom. The Hall–Kier alpha value is -5.40. The van der Waals surface area contributed by atoms with E-state index < -0.39 is 24.3 Å². The van der Waals surface area contributed by atoms with Crippen LogP contribution in [0.5, 0.6) is 0 Å². The minimum Gasteiger partial charge on any atom is -0.465 e. The molecular formula is C38H50N8O6. The second-order valence-corrected chi connectivity index (χ2v) is 14.1. The molecule has 4 heterocycles. The van der Waals surface area contributed by atoms with Crippen LogP contribution >= 0.6 is 0 Å². The van der Waals surface area contributed by atoms with Crippen molar-refractivity contribution in [2.45, 2.75) is 77.5 Å². The SMILES string of the molecule is COC(=O)N[C@H](C(=O)N1CCCC1c1ncc(/C=C/c2ccc(C=Cc3cnc([C@@H]4CCCN4C(=O)[C@H](C(C)C)N(C)C(=O)O)[nH]3)cc2)[nH]1)C(C)C. The first-order chi connectivity index (χ1) is 24.9. The van der Waals surface area contributed by atoms with Crippen LogP contribution in [-0.4, -0.2) is 103 Å². The van der Waals surface area contributed by atoms with Crippen molar-refractivity contribution in [3.63, 3.8) is 0 Å². The van der Waals surface area contributed by atoms with Crippen LogP contribution in [0.4, 0.5) is 9.59 Å². The average molecular weight is 715 g/mol. The maximum absolute atomic E-state index is 13.5. The molecule has 52 heavy (non-hydrogen) atoms. The van der Waals surface area contributed by atoms with Gasteiger partial charge in [-0.25, -0.2) is 19.6 Å². The summed E-state index contributed by atoms with van der Waals surface area (Å²) in [4.78, 5) is 70.9. The van der Waals surface area contributed by atoms with Gasteiger partial charge in [-0.3, -0.25) is 14.5 Å². The fourth-order valence-electron chi connectivity index (χ4n) is 7.00. The number of rotatable bonds is 12. The molecule has 5 rings (SSSR count). The number of aromatic nitrogens is 4. The minimum atomic E-state index is -1.13. The highest BCUT2D eigenvalue weighted by Gasteiger charge is 2.40. The lowest BCUT2D eigenvalue weighted by atomic mass is 10.0. The van der Waals surface area contributed by atoms with Crippen LogP contribution in [-0.2, 0) is 14.3 Å². The second-order valence-electron chi connectivity index (χ2n) is 14.1. The zero-order chi connectivity index (χ0) is 37.5. The number of alkyl carbamates (subject to hydrolysis) is 1. The molecule has 14 heteroatoms. The molecule has 4 atom stereocenters. The Morgan fingerprint density at radius 2 is 1.31 bits per heavy atom. The molecule has 0 aliphatic carbocycles. The maximum atomic E-state index is 13.5. The summed E-state index contributed by atoms with van der Waals surface area (Å²) in [6, 6.07) is 6.20. The van der Waals surface area contributed by atoms with Crippen molar-refractivity contribution in [3.8, 4) is 0 Å². The molecule has 4 N–H and O–H groups in total. The third-order valence-electron chi connectivity index (χ3n) is 9.78. The molecule has 3 aromatic rings. The Bertz CT molecular complexity index is 1780. The summed E-state index contributed by atoms with van der Waals surface area (Å²) < 4.78 is 4.73. The Morgan fingerprint density at radius 3 is 1.73 bits per heavy atom. The first-order valence-electron chi connectivity index (χ1n) is 17.8. The van der Waals surface area contributed by atoms with E-state index >= 15 is 0 Å². The van der Waals surface area contributed by atoms with Gasteiger partial charge in [-0.15, -0.1) is 0 Å². The molecule has 0 spiro atoms. The Kier molecular flexibility index (Phi) is 12.2. The fraction of sp³-hybridized carbons (Fsp3) is 0.474. The summed E-state index contributed by atoms with van der Waals surface area (Å²) in [5, 5.41) is 12.2. The third-order valence-corrected chi connectivity index (χ3v) is 9.78. The number of aromatic amines is 2. The molecule has 2 aliphatic rings. The number of H-pyrrole nitrogens is 2. The van der Waals surface area contributed by atoms with Crippen molar-refractivity contribution >= 4 is 48.3 Å². The van der Waals surface area contributed by atoms with E-state index in [1.807, 2.05) is 76.3 Å². The van der Waals surface area contributed by atoms with E-state index in [0.29, 0.717) is 24.7 Å². The van der Waals surface area contributed by atoms with Crippen LogP contribution in [0.3, 0.4) is 0 Å². The van der Waals surface area contributed by atoms with Crippen LogP contribution in [0, 0.1) is 11.8 Å². The van der Waals surface area contributed by atoms with E-state index in [0.717, 1.165) is 53.1 Å². The van der Waals surface area contributed by atoms with Gasteiger partial charge >= 0.3 is 12.2 Å². The van der Waals surface area contributed by atoms with Crippen LogP contribution in [0.2, 0.25) is 0 Å². The zero-order valence-electron chi connectivity index (χ0n) is 30.7. The number of likely N-dealkylation sites (tertiary alicyclic amines) is 2. The normalized spacial score (nSPS) is 18.8. The number of amides is 4. The number of benzene rings is 1. The molecule has 0 bridgehead atoms. The molecule has 278 valence electrons. The number of nitrogens with one attached hydrogen (secondary N) is 3. The summed E-state index contributed by atoms with van der Waals surface area (Å²) in [5.41, 5.74) is 3.62. The summed E-state index contributed by atoms with van der Waals surface area (Å²) in [7, 11) is 2.73. The lowest BCUT2D eigenvalue weighted by Gasteiger charge is -2.33. The topological polar surface area (TPSA) is 177 Å². The summed E-state index contributed by atoms with van der Waals surface area (Å²) >= 11 is 0. The number of hydrogen-bond acceptors (Lipinski definition) is 7. The monoisotopic (exact) mass is 714 g/mol. The van der Waals surface area contributed by atoms with E-state index in [2.05, 4.69) is 25.3 Å². The quantitative estimate of drug-likeness (QED) is 0.182. The molecule has 2 fully saturated rings. The number of carboxylic acid groups (broad SMARTS) is 1. The molecule has 2 aliphatic heterocycles. The molecule has 0 saturated carbocycles. The van der Waals surface area contributed by atoms with Gasteiger partial charge in [-0.05, 0) is 60.8 Å². The standard InChI is InChI=1S/C38H50N8O6/c1-23(2)31(43-37(49)52-6)35(47)45-19-7-9-29(45)33-39-21-27(41-33)17-15-25-11-13-26(14-12-25)16-18-28-22-40-34(42-28)30-10-8-20-46(30)36(48)32(24(3)4)44(5)38(50)51/h11-18,21-24,29-32H,7-10,19-20H2,1-6H3,(H,39,41)(H,40,42)(H,43,49)(H,50,51)/b17-15+,18-16?/t29?,30-,31-,32-/m0/s1. The van der Waals surface area contributed by atoms with Gasteiger partial charge in [0.1, 0.15) is 23.7 Å². The van der Waals surface area contributed by atoms with Gasteiger partial charge in [-0.1, -0.05) is 64.1 Å². The predicted octanol–water partition coefficient (Wildman–Crippen LogP) is 5.82. The second kappa shape index (κ2) is 16.7. The number of ether oxygens (including phenoxy) is 1. The molecule has 4 amide bonds. The van der Waals surface area contributed by atoms with E-state index in [9.17, 15) is 24.3 Å². The van der Waals surface area contributed by atoms with E-state index in [-0.39, 0.29) is 35.7 Å². The molecule has 2 saturated heterocycles. The van der Waals surface area contributed by atoms with Crippen molar-refractivity contribution in [1.29, 1.82) is 0 Å². The first kappa shape index (κ1) is 37.8. The molecule has 1 aromatic carbocycles. The van der Waals surface area contributed by atoms with Crippen molar-refractivity contribution in [1.82, 2.24) is 40.0 Å². The highest BCUT2D eigenvalue weighted by atomic mass is 16.5. The van der Waals surface area contributed by atoms with Gasteiger partial charge in [0.25, 0.3) is 0 Å². The maximum Gasteiger partial charge on any atom is 0.407 e. The highest BCUT2D eigenvalue weighted by Crippen LogP contribution is 2.33. The van der Waals surface area contributed by atoms with Gasteiger partial charge in [0.05, 0.1) is 43.0 Å². The van der Waals surface area contributed by atoms with Crippen LogP contribution in [0.1, 0.15) is 99.6 Å². The third kappa shape index (κ3) is 8.72. The highest BCUT2D eigenvalue weighted by molar-refractivity contribution is 5.87. The molecule has 14 nitrogen and oxygen atoms in total. The molecule has 1 unspecified atom stereocenters. The number of likely N-dealkylation sites (N-methyl/N-ethyl adjacent to an activating group) is 1. The smallest absolute Gasteiger partial charge is 0.407 e. The van der Waals surface area contributed by atoms with Crippen molar-refractivity contribution in [2.75, 3.05) is 27.2 Å². The Labute approximate surface area is 304 Å². The lowest BCUT2D eigenvalue weighted by molar-refractivity contribution is -0.138. The molecule has 2 aromatic heterocycles.